The number of nitrogens with zero attached hydrogens (tertiary/aromatic N) is 1. The van der Waals surface area contributed by atoms with Gasteiger partial charge in [0, 0.05) is 18.6 Å². The predicted octanol–water partition coefficient (Wildman–Crippen LogP) is 2.19. The Morgan fingerprint density at radius 2 is 1.76 bits per heavy atom. The zero-order chi connectivity index (χ0) is 13.7. The molecule has 0 fully saturated rings. The van der Waals surface area contributed by atoms with Crippen LogP contribution in [0.5, 0.6) is 0 Å². The van der Waals surface area contributed by atoms with Crippen molar-refractivity contribution in [3.8, 4) is 0 Å². The number of hydrogen-bond donors (Lipinski definition) is 2. The average molecular weight is 243 g/mol. The smallest absolute Gasteiger partial charge is 0.317 e. The van der Waals surface area contributed by atoms with Crippen LogP contribution in [0.15, 0.2) is 0 Å². The van der Waals surface area contributed by atoms with E-state index in [-0.39, 0.29) is 17.0 Å². The molecule has 0 rings (SSSR count). The molecule has 0 atom stereocenters. The van der Waals surface area contributed by atoms with Gasteiger partial charge in [0.1, 0.15) is 0 Å². The number of carbonyl (C=O) groups excluding carboxylic acids is 1. The van der Waals surface area contributed by atoms with Gasteiger partial charge in [0.15, 0.2) is 0 Å². The quantitative estimate of drug-likeness (QED) is 0.777. The molecule has 0 spiro atoms. The summed E-state index contributed by atoms with van der Waals surface area (Å²) in [4.78, 5) is 14.0. The SMILES string of the molecule is CCCN(CC(C)(C)CN)C(=O)NC(C)(C)C. The van der Waals surface area contributed by atoms with Gasteiger partial charge in [-0.05, 0) is 39.2 Å². The summed E-state index contributed by atoms with van der Waals surface area (Å²) in [5, 5.41) is 3.00. The van der Waals surface area contributed by atoms with E-state index >= 15 is 0 Å². The van der Waals surface area contributed by atoms with E-state index in [1.165, 1.54) is 0 Å². The van der Waals surface area contributed by atoms with Crippen LogP contribution in [0, 0.1) is 5.41 Å². The second-order valence-electron chi connectivity index (χ2n) is 6.47. The Morgan fingerprint density at radius 3 is 2.12 bits per heavy atom. The van der Waals surface area contributed by atoms with Gasteiger partial charge in [-0.3, -0.25) is 0 Å². The monoisotopic (exact) mass is 243 g/mol. The first-order chi connectivity index (χ1) is 7.61. The summed E-state index contributed by atoms with van der Waals surface area (Å²) in [5.74, 6) is 0. The molecule has 2 amide bonds. The van der Waals surface area contributed by atoms with Crippen molar-refractivity contribution in [3.05, 3.63) is 0 Å². The Balaban J connectivity index is 4.57. The highest BCUT2D eigenvalue weighted by molar-refractivity contribution is 5.75. The Kier molecular flexibility index (Phi) is 5.96. The third-order valence-corrected chi connectivity index (χ3v) is 2.43. The molecule has 17 heavy (non-hydrogen) atoms. The fourth-order valence-corrected chi connectivity index (χ4v) is 1.50. The minimum Gasteiger partial charge on any atom is -0.333 e. The van der Waals surface area contributed by atoms with Crippen LogP contribution in [0.3, 0.4) is 0 Å². The third-order valence-electron chi connectivity index (χ3n) is 2.43. The van der Waals surface area contributed by atoms with Crippen molar-refractivity contribution in [2.75, 3.05) is 19.6 Å². The number of nitrogens with one attached hydrogen (secondary N) is 1. The van der Waals surface area contributed by atoms with Crippen molar-refractivity contribution in [1.29, 1.82) is 0 Å². The number of amides is 2. The van der Waals surface area contributed by atoms with E-state index in [4.69, 9.17) is 5.73 Å². The Bertz CT molecular complexity index is 244. The molecule has 4 heteroatoms. The topological polar surface area (TPSA) is 58.4 Å². The van der Waals surface area contributed by atoms with Gasteiger partial charge in [0.2, 0.25) is 0 Å². The first-order valence-corrected chi connectivity index (χ1v) is 6.38. The Labute approximate surface area is 106 Å². The zero-order valence-corrected chi connectivity index (χ0v) is 12.3. The summed E-state index contributed by atoms with van der Waals surface area (Å²) in [6, 6.07) is 0.000810. The van der Waals surface area contributed by atoms with Crippen LogP contribution in [-0.4, -0.2) is 36.1 Å². The third kappa shape index (κ3) is 7.21. The van der Waals surface area contributed by atoms with Crippen molar-refractivity contribution in [3.63, 3.8) is 0 Å². The maximum atomic E-state index is 12.1. The van der Waals surface area contributed by atoms with Gasteiger partial charge in [-0.1, -0.05) is 20.8 Å². The van der Waals surface area contributed by atoms with Crippen LogP contribution >= 0.6 is 0 Å². The van der Waals surface area contributed by atoms with E-state index in [9.17, 15) is 4.79 Å². The number of rotatable bonds is 5. The van der Waals surface area contributed by atoms with Gasteiger partial charge in [-0.2, -0.15) is 0 Å². The van der Waals surface area contributed by atoms with Crippen molar-refractivity contribution < 1.29 is 4.79 Å². The maximum absolute atomic E-state index is 12.1. The lowest BCUT2D eigenvalue weighted by atomic mass is 9.93. The normalized spacial score (nSPS) is 12.4. The summed E-state index contributed by atoms with van der Waals surface area (Å²) in [5.41, 5.74) is 5.48. The van der Waals surface area contributed by atoms with E-state index in [0.717, 1.165) is 13.0 Å². The van der Waals surface area contributed by atoms with Crippen LogP contribution in [-0.2, 0) is 0 Å². The summed E-state index contributed by atoms with van der Waals surface area (Å²) in [6.07, 6.45) is 0.957. The lowest BCUT2D eigenvalue weighted by molar-refractivity contribution is 0.162. The van der Waals surface area contributed by atoms with Crippen molar-refractivity contribution in [2.45, 2.75) is 53.5 Å². The largest absolute Gasteiger partial charge is 0.333 e. The first kappa shape index (κ1) is 16.2. The number of carbonyl (C=O) groups is 1. The van der Waals surface area contributed by atoms with Gasteiger partial charge < -0.3 is 16.0 Å². The molecule has 0 aromatic heterocycles. The predicted molar refractivity (Wildman–Crippen MR) is 73.0 cm³/mol. The molecular weight excluding hydrogens is 214 g/mol. The number of nitrogens with two attached hydrogens (primary N) is 1. The summed E-state index contributed by atoms with van der Waals surface area (Å²) in [6.45, 7) is 14.3. The standard InChI is InChI=1S/C13H29N3O/c1-7-8-16(10-13(5,6)9-14)11(17)15-12(2,3)4/h7-10,14H2,1-6H3,(H,15,17). The summed E-state index contributed by atoms with van der Waals surface area (Å²) < 4.78 is 0. The van der Waals surface area contributed by atoms with Crippen molar-refractivity contribution in [1.82, 2.24) is 10.2 Å². The second kappa shape index (κ2) is 6.24. The van der Waals surface area contributed by atoms with Crippen LogP contribution < -0.4 is 11.1 Å². The summed E-state index contributed by atoms with van der Waals surface area (Å²) >= 11 is 0. The molecular formula is C13H29N3O. The van der Waals surface area contributed by atoms with Gasteiger partial charge in [0.05, 0.1) is 0 Å². The van der Waals surface area contributed by atoms with Gasteiger partial charge in [0.25, 0.3) is 0 Å². The molecule has 3 N–H and O–H groups in total. The number of hydrogen-bond acceptors (Lipinski definition) is 2. The highest BCUT2D eigenvalue weighted by atomic mass is 16.2. The van der Waals surface area contributed by atoms with Crippen molar-refractivity contribution in [2.24, 2.45) is 11.1 Å². The molecule has 0 unspecified atom stereocenters. The molecule has 0 aliphatic heterocycles. The average Bonchev–Trinajstić information content (AvgIpc) is 2.14. The highest BCUT2D eigenvalue weighted by Gasteiger charge is 2.25. The van der Waals surface area contributed by atoms with Crippen LogP contribution in [0.2, 0.25) is 0 Å². The molecule has 102 valence electrons. The molecule has 0 aromatic rings. The molecule has 0 saturated carbocycles. The molecule has 0 bridgehead atoms. The van der Waals surface area contributed by atoms with E-state index in [1.807, 2.05) is 25.7 Å². The molecule has 0 saturated heterocycles. The van der Waals surface area contributed by atoms with Gasteiger partial charge >= 0.3 is 6.03 Å². The minimum absolute atomic E-state index is 0.000810. The molecule has 4 nitrogen and oxygen atoms in total. The van der Waals surface area contributed by atoms with Crippen LogP contribution in [0.4, 0.5) is 4.79 Å². The Morgan fingerprint density at radius 1 is 1.24 bits per heavy atom. The molecule has 0 aliphatic rings. The summed E-state index contributed by atoms with van der Waals surface area (Å²) in [7, 11) is 0. The highest BCUT2D eigenvalue weighted by Crippen LogP contribution is 2.15. The lowest BCUT2D eigenvalue weighted by Gasteiger charge is -2.34. The molecule has 0 aromatic carbocycles. The van der Waals surface area contributed by atoms with Crippen LogP contribution in [0.1, 0.15) is 48.0 Å². The Hall–Kier alpha value is -0.770. The fraction of sp³-hybridized carbons (Fsp3) is 0.923. The lowest BCUT2D eigenvalue weighted by Crippen LogP contribution is -2.51. The van der Waals surface area contributed by atoms with Gasteiger partial charge in [-0.25, -0.2) is 4.79 Å². The van der Waals surface area contributed by atoms with Crippen LogP contribution in [0.25, 0.3) is 0 Å². The molecule has 0 aliphatic carbocycles. The molecule has 0 heterocycles. The van der Waals surface area contributed by atoms with E-state index in [1.54, 1.807) is 0 Å². The van der Waals surface area contributed by atoms with E-state index in [0.29, 0.717) is 13.1 Å². The minimum atomic E-state index is -0.198. The zero-order valence-electron chi connectivity index (χ0n) is 12.3. The number of urea groups is 1. The first-order valence-electron chi connectivity index (χ1n) is 6.38. The molecule has 0 radical (unpaired) electrons. The van der Waals surface area contributed by atoms with E-state index < -0.39 is 0 Å². The fourth-order valence-electron chi connectivity index (χ4n) is 1.50. The van der Waals surface area contributed by atoms with Gasteiger partial charge in [-0.15, -0.1) is 0 Å². The van der Waals surface area contributed by atoms with Crippen molar-refractivity contribution >= 4 is 6.03 Å². The maximum Gasteiger partial charge on any atom is 0.317 e. The van der Waals surface area contributed by atoms with E-state index in [2.05, 4.69) is 26.1 Å². The second-order valence-corrected chi connectivity index (χ2v) is 6.47.